The number of hydrogen-bond donors (Lipinski definition) is 0. The highest BCUT2D eigenvalue weighted by molar-refractivity contribution is 6.35. The molecule has 0 aromatic heterocycles. The molecule has 2 aromatic rings. The maximum atomic E-state index is 13.3. The van der Waals surface area contributed by atoms with Gasteiger partial charge >= 0.3 is 0 Å². The molecule has 0 spiro atoms. The Morgan fingerprint density at radius 1 is 0.933 bits per heavy atom. The van der Waals surface area contributed by atoms with Crippen molar-refractivity contribution in [1.82, 2.24) is 9.80 Å². The van der Waals surface area contributed by atoms with Crippen molar-refractivity contribution in [3.05, 3.63) is 71.2 Å². The lowest BCUT2D eigenvalue weighted by Crippen LogP contribution is -2.36. The van der Waals surface area contributed by atoms with E-state index in [1.807, 2.05) is 36.1 Å². The minimum atomic E-state index is -0.303. The van der Waals surface area contributed by atoms with Crippen LogP contribution in [0.1, 0.15) is 30.9 Å². The van der Waals surface area contributed by atoms with Gasteiger partial charge < -0.3 is 9.64 Å². The lowest BCUT2D eigenvalue weighted by Gasteiger charge is -2.20. The molecule has 5 nitrogen and oxygen atoms in total. The van der Waals surface area contributed by atoms with Gasteiger partial charge in [0.05, 0.1) is 12.2 Å². The Labute approximate surface area is 175 Å². The first-order valence-corrected chi connectivity index (χ1v) is 10.4. The van der Waals surface area contributed by atoms with Crippen LogP contribution in [0, 0.1) is 5.82 Å². The van der Waals surface area contributed by atoms with Crippen molar-refractivity contribution < 1.29 is 18.7 Å². The van der Waals surface area contributed by atoms with E-state index >= 15 is 0 Å². The Hall–Kier alpha value is -3.15. The molecule has 0 atom stereocenters. The molecule has 2 aliphatic rings. The summed E-state index contributed by atoms with van der Waals surface area (Å²) < 4.78 is 18.7. The number of ether oxygens (including phenoxy) is 1. The van der Waals surface area contributed by atoms with Crippen LogP contribution >= 0.6 is 0 Å². The van der Waals surface area contributed by atoms with Crippen LogP contribution in [-0.2, 0) is 16.0 Å². The molecule has 2 heterocycles. The van der Waals surface area contributed by atoms with Crippen molar-refractivity contribution in [2.24, 2.45) is 0 Å². The number of likely N-dealkylation sites (tertiary alicyclic amines) is 1. The highest BCUT2D eigenvalue weighted by atomic mass is 19.1. The average Bonchev–Trinajstić information content (AvgIpc) is 3.35. The summed E-state index contributed by atoms with van der Waals surface area (Å²) >= 11 is 0. The minimum Gasteiger partial charge on any atom is -0.494 e. The first kappa shape index (κ1) is 20.1. The number of imide groups is 1. The van der Waals surface area contributed by atoms with Crippen LogP contribution in [0.2, 0.25) is 0 Å². The van der Waals surface area contributed by atoms with Gasteiger partial charge in [0.2, 0.25) is 0 Å². The van der Waals surface area contributed by atoms with Crippen molar-refractivity contribution in [2.45, 2.75) is 26.2 Å². The first-order chi connectivity index (χ1) is 14.6. The SMILES string of the molecule is CCOc1ccc(C2=C(N3CCCC3)C(=O)N(CCc3ccc(F)cc3)C2=O)cc1. The van der Waals surface area contributed by atoms with Crippen LogP contribution in [0.25, 0.3) is 5.57 Å². The number of benzene rings is 2. The van der Waals surface area contributed by atoms with Crippen LogP contribution in [-0.4, -0.2) is 47.9 Å². The van der Waals surface area contributed by atoms with Gasteiger partial charge in [-0.3, -0.25) is 14.5 Å². The molecule has 0 aliphatic carbocycles. The second-order valence-electron chi connectivity index (χ2n) is 7.51. The fraction of sp³-hybridized carbons (Fsp3) is 0.333. The lowest BCUT2D eigenvalue weighted by atomic mass is 10.0. The molecule has 156 valence electrons. The second-order valence-corrected chi connectivity index (χ2v) is 7.51. The number of halogens is 1. The molecule has 0 unspecified atom stereocenters. The van der Waals surface area contributed by atoms with E-state index in [1.54, 1.807) is 12.1 Å². The number of hydrogen-bond acceptors (Lipinski definition) is 4. The molecule has 0 radical (unpaired) electrons. The predicted molar refractivity (Wildman–Crippen MR) is 112 cm³/mol. The molecular formula is C24H25FN2O3. The maximum absolute atomic E-state index is 13.3. The van der Waals surface area contributed by atoms with E-state index < -0.39 is 0 Å². The van der Waals surface area contributed by atoms with Gasteiger partial charge in [0.1, 0.15) is 17.3 Å². The molecule has 0 N–H and O–H groups in total. The van der Waals surface area contributed by atoms with Crippen molar-refractivity contribution in [3.8, 4) is 5.75 Å². The van der Waals surface area contributed by atoms with Crippen LogP contribution in [0.5, 0.6) is 5.75 Å². The first-order valence-electron chi connectivity index (χ1n) is 10.4. The van der Waals surface area contributed by atoms with E-state index in [0.717, 1.165) is 42.8 Å². The van der Waals surface area contributed by atoms with Gasteiger partial charge in [-0.2, -0.15) is 0 Å². The quantitative estimate of drug-likeness (QED) is 0.657. The summed E-state index contributed by atoms with van der Waals surface area (Å²) in [5, 5.41) is 0. The van der Waals surface area contributed by atoms with Crippen LogP contribution in [0.15, 0.2) is 54.2 Å². The van der Waals surface area contributed by atoms with Gasteiger partial charge in [-0.25, -0.2) is 4.39 Å². The topological polar surface area (TPSA) is 49.9 Å². The maximum Gasteiger partial charge on any atom is 0.277 e. The number of rotatable bonds is 7. The molecule has 0 bridgehead atoms. The van der Waals surface area contributed by atoms with Crippen LogP contribution in [0.4, 0.5) is 4.39 Å². The Bertz CT molecular complexity index is 961. The molecule has 4 rings (SSSR count). The summed E-state index contributed by atoms with van der Waals surface area (Å²) in [6, 6.07) is 13.5. The van der Waals surface area contributed by atoms with Gasteiger partial charge in [0.15, 0.2) is 0 Å². The van der Waals surface area contributed by atoms with Crippen LogP contribution < -0.4 is 4.74 Å². The summed E-state index contributed by atoms with van der Waals surface area (Å²) in [5.74, 6) is -0.0848. The number of carbonyl (C=O) groups excluding carboxylic acids is 2. The molecule has 1 fully saturated rings. The molecule has 6 heteroatoms. The number of carbonyl (C=O) groups is 2. The predicted octanol–water partition coefficient (Wildman–Crippen LogP) is 3.64. The Kier molecular flexibility index (Phi) is 5.84. The van der Waals surface area contributed by atoms with Crippen molar-refractivity contribution in [2.75, 3.05) is 26.2 Å². The van der Waals surface area contributed by atoms with E-state index in [-0.39, 0.29) is 24.2 Å². The van der Waals surface area contributed by atoms with E-state index in [1.165, 1.54) is 17.0 Å². The zero-order chi connectivity index (χ0) is 21.1. The van der Waals surface area contributed by atoms with Gasteiger partial charge in [-0.05, 0) is 61.6 Å². The van der Waals surface area contributed by atoms with E-state index in [9.17, 15) is 14.0 Å². The second kappa shape index (κ2) is 8.69. The highest BCUT2D eigenvalue weighted by Crippen LogP contribution is 2.34. The van der Waals surface area contributed by atoms with Crippen molar-refractivity contribution in [3.63, 3.8) is 0 Å². The fourth-order valence-electron chi connectivity index (χ4n) is 4.04. The smallest absolute Gasteiger partial charge is 0.277 e. The van der Waals surface area contributed by atoms with Gasteiger partial charge in [0, 0.05) is 19.6 Å². The minimum absolute atomic E-state index is 0.243. The normalized spacial score (nSPS) is 16.7. The van der Waals surface area contributed by atoms with Gasteiger partial charge in [-0.15, -0.1) is 0 Å². The number of amides is 2. The summed E-state index contributed by atoms with van der Waals surface area (Å²) in [7, 11) is 0. The largest absolute Gasteiger partial charge is 0.494 e. The molecule has 2 aliphatic heterocycles. The molecule has 1 saturated heterocycles. The molecule has 0 saturated carbocycles. The van der Waals surface area contributed by atoms with Crippen molar-refractivity contribution >= 4 is 17.4 Å². The standard InChI is InChI=1S/C24H25FN2O3/c1-2-30-20-11-7-18(8-12-20)21-22(26-14-3-4-15-26)24(29)27(23(21)28)16-13-17-5-9-19(25)10-6-17/h5-12H,2-4,13-16H2,1H3. The van der Waals surface area contributed by atoms with Gasteiger partial charge in [0.25, 0.3) is 11.8 Å². The molecule has 2 aromatic carbocycles. The summed E-state index contributed by atoms with van der Waals surface area (Å²) in [5.41, 5.74) is 2.57. The Morgan fingerprint density at radius 2 is 1.60 bits per heavy atom. The molecular weight excluding hydrogens is 383 g/mol. The van der Waals surface area contributed by atoms with Crippen molar-refractivity contribution in [1.29, 1.82) is 0 Å². The Morgan fingerprint density at radius 3 is 2.23 bits per heavy atom. The van der Waals surface area contributed by atoms with Gasteiger partial charge in [-0.1, -0.05) is 24.3 Å². The van der Waals surface area contributed by atoms with E-state index in [0.29, 0.717) is 24.3 Å². The number of nitrogens with zero attached hydrogens (tertiary/aromatic N) is 2. The highest BCUT2D eigenvalue weighted by Gasteiger charge is 2.41. The average molecular weight is 408 g/mol. The third-order valence-corrected chi connectivity index (χ3v) is 5.56. The summed E-state index contributed by atoms with van der Waals surface area (Å²) in [4.78, 5) is 29.9. The van der Waals surface area contributed by atoms with E-state index in [4.69, 9.17) is 4.74 Å². The lowest BCUT2D eigenvalue weighted by molar-refractivity contribution is -0.137. The summed E-state index contributed by atoms with van der Waals surface area (Å²) in [6.07, 6.45) is 2.51. The Balaban J connectivity index is 1.61. The fourth-order valence-corrected chi connectivity index (χ4v) is 4.04. The van der Waals surface area contributed by atoms with Crippen LogP contribution in [0.3, 0.4) is 0 Å². The monoisotopic (exact) mass is 408 g/mol. The third kappa shape index (κ3) is 3.95. The zero-order valence-corrected chi connectivity index (χ0v) is 17.1. The van der Waals surface area contributed by atoms with E-state index in [2.05, 4.69) is 0 Å². The molecule has 30 heavy (non-hydrogen) atoms. The zero-order valence-electron chi connectivity index (χ0n) is 17.1. The summed E-state index contributed by atoms with van der Waals surface area (Å²) in [6.45, 7) is 4.30. The molecule has 2 amide bonds. The third-order valence-electron chi connectivity index (χ3n) is 5.56.